The van der Waals surface area contributed by atoms with Gasteiger partial charge in [-0.1, -0.05) is 313 Å². The molecule has 0 aromatic rings. The van der Waals surface area contributed by atoms with E-state index in [2.05, 4.69) is 62.5 Å². The Morgan fingerprint density at radius 1 is 0.348 bits per heavy atom. The third-order valence-corrected chi connectivity index (χ3v) is 13.9. The number of allylic oxidation sites excluding steroid dienone is 8. The number of hydrogen-bond donors (Lipinski definition) is 1. The molecule has 0 heterocycles. The molecule has 1 atom stereocenters. The topological polar surface area (TPSA) is 72.8 Å². The van der Waals surface area contributed by atoms with Crippen molar-refractivity contribution in [2.75, 3.05) is 13.2 Å². The molecular formula is C64H118O5. The van der Waals surface area contributed by atoms with Crippen molar-refractivity contribution in [1.82, 2.24) is 0 Å². The molecule has 5 heteroatoms. The number of unbranched alkanes of at least 4 members (excludes halogenated alkanes) is 41. The van der Waals surface area contributed by atoms with Gasteiger partial charge in [0.1, 0.15) is 6.61 Å². The van der Waals surface area contributed by atoms with Gasteiger partial charge in [0.15, 0.2) is 6.10 Å². The highest BCUT2D eigenvalue weighted by Crippen LogP contribution is 2.18. The second kappa shape index (κ2) is 60.2. The van der Waals surface area contributed by atoms with Crippen LogP contribution >= 0.6 is 0 Å². The molecule has 1 N–H and O–H groups in total. The van der Waals surface area contributed by atoms with Gasteiger partial charge in [-0.05, 0) is 51.4 Å². The van der Waals surface area contributed by atoms with Gasteiger partial charge in [0, 0.05) is 12.8 Å². The molecule has 0 rings (SSSR count). The Balaban J connectivity index is 3.37. The molecule has 0 aromatic heterocycles. The van der Waals surface area contributed by atoms with Crippen molar-refractivity contribution in [2.24, 2.45) is 0 Å². The Labute approximate surface area is 430 Å². The number of esters is 2. The maximum Gasteiger partial charge on any atom is 0.306 e. The summed E-state index contributed by atoms with van der Waals surface area (Å²) in [6, 6.07) is 0. The van der Waals surface area contributed by atoms with Crippen molar-refractivity contribution in [3.63, 3.8) is 0 Å². The molecule has 0 aliphatic heterocycles. The molecule has 0 aromatic carbocycles. The molecule has 0 aliphatic rings. The first-order chi connectivity index (χ1) is 34.1. The summed E-state index contributed by atoms with van der Waals surface area (Å²) in [5.74, 6) is -0.569. The van der Waals surface area contributed by atoms with Crippen molar-refractivity contribution in [3.8, 4) is 0 Å². The van der Waals surface area contributed by atoms with E-state index in [-0.39, 0.29) is 25.2 Å². The van der Waals surface area contributed by atoms with E-state index in [0.717, 1.165) is 57.8 Å². The van der Waals surface area contributed by atoms with E-state index >= 15 is 0 Å². The third-order valence-electron chi connectivity index (χ3n) is 13.9. The first-order valence-electron chi connectivity index (χ1n) is 30.7. The van der Waals surface area contributed by atoms with Gasteiger partial charge in [-0.2, -0.15) is 0 Å². The van der Waals surface area contributed by atoms with Crippen LogP contribution in [-0.2, 0) is 19.1 Å². The van der Waals surface area contributed by atoms with E-state index in [1.165, 1.54) is 244 Å². The van der Waals surface area contributed by atoms with Crippen LogP contribution < -0.4 is 0 Å². The average Bonchev–Trinajstić information content (AvgIpc) is 3.35. The minimum atomic E-state index is -0.767. The van der Waals surface area contributed by atoms with E-state index in [0.29, 0.717) is 12.8 Å². The first kappa shape index (κ1) is 66.9. The summed E-state index contributed by atoms with van der Waals surface area (Å²) in [6.45, 7) is 4.07. The summed E-state index contributed by atoms with van der Waals surface area (Å²) in [5, 5.41) is 9.65. The zero-order chi connectivity index (χ0) is 49.9. The molecule has 69 heavy (non-hydrogen) atoms. The summed E-state index contributed by atoms with van der Waals surface area (Å²) in [7, 11) is 0. The van der Waals surface area contributed by atoms with Crippen molar-refractivity contribution >= 4 is 11.9 Å². The summed E-state index contributed by atoms with van der Waals surface area (Å²) in [6.07, 6.45) is 79.8. The molecule has 0 bridgehead atoms. The third kappa shape index (κ3) is 58.3. The fourth-order valence-electron chi connectivity index (χ4n) is 9.32. The molecule has 0 fully saturated rings. The zero-order valence-corrected chi connectivity index (χ0v) is 46.3. The SMILES string of the molecule is CC/C=C\C/C=C\C/C=C\C/C=C\CCCCCCCCCCCCCCCCCCCCCCCCCCCCC(=O)OC(CO)COC(=O)CCCCCCCCCCCCCCCCCC. The lowest BCUT2D eigenvalue weighted by Gasteiger charge is -2.15. The largest absolute Gasteiger partial charge is 0.462 e. The molecule has 5 nitrogen and oxygen atoms in total. The van der Waals surface area contributed by atoms with Gasteiger partial charge in [-0.25, -0.2) is 0 Å². The Morgan fingerprint density at radius 2 is 0.623 bits per heavy atom. The highest BCUT2D eigenvalue weighted by molar-refractivity contribution is 5.70. The normalized spacial score (nSPS) is 12.4. The molecule has 0 radical (unpaired) electrons. The average molecular weight is 968 g/mol. The molecule has 0 saturated carbocycles. The van der Waals surface area contributed by atoms with Crippen molar-refractivity contribution < 1.29 is 24.2 Å². The van der Waals surface area contributed by atoms with Crippen LogP contribution in [0.3, 0.4) is 0 Å². The molecule has 404 valence electrons. The second-order valence-electron chi connectivity index (χ2n) is 20.8. The van der Waals surface area contributed by atoms with Crippen LogP contribution in [0.15, 0.2) is 48.6 Å². The molecule has 0 spiro atoms. The molecule has 0 aliphatic carbocycles. The smallest absolute Gasteiger partial charge is 0.306 e. The number of hydrogen-bond acceptors (Lipinski definition) is 5. The Bertz CT molecular complexity index is 1140. The number of carbonyl (C=O) groups is 2. The van der Waals surface area contributed by atoms with Crippen molar-refractivity contribution in [1.29, 1.82) is 0 Å². The fourth-order valence-corrected chi connectivity index (χ4v) is 9.32. The van der Waals surface area contributed by atoms with E-state index < -0.39 is 6.10 Å². The number of rotatable bonds is 57. The quantitative estimate of drug-likeness (QED) is 0.0373. The van der Waals surface area contributed by atoms with E-state index in [1.54, 1.807) is 0 Å². The Morgan fingerprint density at radius 3 is 0.942 bits per heavy atom. The van der Waals surface area contributed by atoms with Crippen LogP contribution in [0, 0.1) is 0 Å². The maximum absolute atomic E-state index is 12.3. The maximum atomic E-state index is 12.3. The first-order valence-corrected chi connectivity index (χ1v) is 30.7. The molecule has 1 unspecified atom stereocenters. The van der Waals surface area contributed by atoms with Crippen molar-refractivity contribution in [3.05, 3.63) is 48.6 Å². The van der Waals surface area contributed by atoms with Gasteiger partial charge in [-0.3, -0.25) is 9.59 Å². The van der Waals surface area contributed by atoms with Crippen LogP contribution in [0.4, 0.5) is 0 Å². The van der Waals surface area contributed by atoms with Crippen LogP contribution in [0.25, 0.3) is 0 Å². The molecular weight excluding hydrogens is 849 g/mol. The van der Waals surface area contributed by atoms with Gasteiger partial charge in [-0.15, -0.1) is 0 Å². The summed E-state index contributed by atoms with van der Waals surface area (Å²) >= 11 is 0. The lowest BCUT2D eigenvalue weighted by atomic mass is 10.0. The lowest BCUT2D eigenvalue weighted by Crippen LogP contribution is -2.28. The van der Waals surface area contributed by atoms with Crippen LogP contribution in [0.1, 0.15) is 328 Å². The lowest BCUT2D eigenvalue weighted by molar-refractivity contribution is -0.161. The van der Waals surface area contributed by atoms with Gasteiger partial charge in [0.2, 0.25) is 0 Å². The number of ether oxygens (including phenoxy) is 2. The molecule has 0 amide bonds. The summed E-state index contributed by atoms with van der Waals surface area (Å²) in [4.78, 5) is 24.5. The summed E-state index contributed by atoms with van der Waals surface area (Å²) < 4.78 is 10.7. The van der Waals surface area contributed by atoms with Crippen molar-refractivity contribution in [2.45, 2.75) is 335 Å². The minimum Gasteiger partial charge on any atom is -0.462 e. The highest BCUT2D eigenvalue weighted by Gasteiger charge is 2.16. The number of aliphatic hydroxyl groups is 1. The van der Waals surface area contributed by atoms with E-state index in [4.69, 9.17) is 9.47 Å². The highest BCUT2D eigenvalue weighted by atomic mass is 16.6. The molecule has 0 saturated heterocycles. The van der Waals surface area contributed by atoms with Crippen LogP contribution in [0.2, 0.25) is 0 Å². The second-order valence-corrected chi connectivity index (χ2v) is 20.8. The van der Waals surface area contributed by atoms with E-state index in [9.17, 15) is 14.7 Å². The van der Waals surface area contributed by atoms with Crippen LogP contribution in [-0.4, -0.2) is 36.4 Å². The van der Waals surface area contributed by atoms with Gasteiger partial charge in [0.25, 0.3) is 0 Å². The minimum absolute atomic E-state index is 0.0587. The Hall–Kier alpha value is -2.14. The fraction of sp³-hybridized carbons (Fsp3) is 0.844. The van der Waals surface area contributed by atoms with Gasteiger partial charge < -0.3 is 14.6 Å². The van der Waals surface area contributed by atoms with Crippen LogP contribution in [0.5, 0.6) is 0 Å². The zero-order valence-electron chi connectivity index (χ0n) is 46.3. The Kier molecular flexibility index (Phi) is 58.3. The summed E-state index contributed by atoms with van der Waals surface area (Å²) in [5.41, 5.74) is 0. The number of carbonyl (C=O) groups excluding carboxylic acids is 2. The van der Waals surface area contributed by atoms with Gasteiger partial charge >= 0.3 is 11.9 Å². The predicted molar refractivity (Wildman–Crippen MR) is 302 cm³/mol. The van der Waals surface area contributed by atoms with E-state index in [1.807, 2.05) is 0 Å². The number of aliphatic hydroxyl groups excluding tert-OH is 1. The predicted octanol–water partition coefficient (Wildman–Crippen LogP) is 20.8. The standard InChI is InChI=1S/C64H118O5/c1-3-5-7-9-11-13-15-17-19-21-22-23-24-25-26-27-28-29-30-31-32-33-34-35-36-37-38-39-40-41-42-43-45-47-49-51-53-55-57-59-64(67)69-62(60-65)61-68-63(66)58-56-54-52-50-48-46-44-20-18-16-14-12-10-8-6-4-2/h5,7,11,13,17,19,22-23,62,65H,3-4,6,8-10,12,14-16,18,20-21,24-61H2,1-2H3/b7-5-,13-11-,19-17-,23-22-. The monoisotopic (exact) mass is 967 g/mol. The van der Waals surface area contributed by atoms with Gasteiger partial charge in [0.05, 0.1) is 6.61 Å².